The third-order valence-corrected chi connectivity index (χ3v) is 5.12. The lowest BCUT2D eigenvalue weighted by Gasteiger charge is -2.54. The quantitative estimate of drug-likeness (QED) is 0.842. The van der Waals surface area contributed by atoms with Crippen LogP contribution in [-0.2, 0) is 6.18 Å². The number of pyridine rings is 1. The van der Waals surface area contributed by atoms with Crippen LogP contribution in [0.15, 0.2) is 17.0 Å². The minimum absolute atomic E-state index is 0.414. The number of aromatic nitrogens is 1. The molecular weight excluding hydrogens is 287 g/mol. The van der Waals surface area contributed by atoms with Crippen LogP contribution in [0.3, 0.4) is 0 Å². The molecule has 2 fully saturated rings. The standard InChI is InChI=1S/C13H16F3N3S/c1-8-10(2-3-11(18-8)13(14,15)16)20-19-9-4-12(5-9)6-17-7-12/h2-3,9,17,19H,4-7H2,1H3. The summed E-state index contributed by atoms with van der Waals surface area (Å²) in [7, 11) is 0. The summed E-state index contributed by atoms with van der Waals surface area (Å²) in [6.45, 7) is 3.80. The molecule has 1 aliphatic carbocycles. The zero-order valence-electron chi connectivity index (χ0n) is 11.0. The van der Waals surface area contributed by atoms with Gasteiger partial charge in [-0.2, -0.15) is 13.2 Å². The maximum Gasteiger partial charge on any atom is 0.433 e. The molecule has 0 aromatic carbocycles. The van der Waals surface area contributed by atoms with E-state index >= 15 is 0 Å². The zero-order valence-corrected chi connectivity index (χ0v) is 11.9. The summed E-state index contributed by atoms with van der Waals surface area (Å²) < 4.78 is 40.9. The van der Waals surface area contributed by atoms with Crippen molar-refractivity contribution < 1.29 is 13.2 Å². The first-order valence-corrected chi connectivity index (χ1v) is 7.38. The van der Waals surface area contributed by atoms with Crippen molar-refractivity contribution in [3.63, 3.8) is 0 Å². The fourth-order valence-electron chi connectivity index (χ4n) is 2.80. The van der Waals surface area contributed by atoms with Crippen LogP contribution < -0.4 is 10.0 Å². The molecule has 1 saturated heterocycles. The van der Waals surface area contributed by atoms with E-state index in [0.717, 1.165) is 36.9 Å². The van der Waals surface area contributed by atoms with E-state index < -0.39 is 11.9 Å². The van der Waals surface area contributed by atoms with E-state index in [2.05, 4.69) is 15.0 Å². The molecule has 0 atom stereocenters. The Morgan fingerprint density at radius 2 is 2.05 bits per heavy atom. The number of nitrogens with one attached hydrogen (secondary N) is 2. The summed E-state index contributed by atoms with van der Waals surface area (Å²) in [5.41, 5.74) is 0.0743. The van der Waals surface area contributed by atoms with Crippen LogP contribution in [0, 0.1) is 12.3 Å². The fourth-order valence-corrected chi connectivity index (χ4v) is 3.59. The van der Waals surface area contributed by atoms with Gasteiger partial charge in [-0.3, -0.25) is 4.72 Å². The van der Waals surface area contributed by atoms with Crippen molar-refractivity contribution in [1.29, 1.82) is 0 Å². The number of rotatable bonds is 3. The van der Waals surface area contributed by atoms with E-state index in [1.165, 1.54) is 18.0 Å². The Morgan fingerprint density at radius 3 is 2.55 bits per heavy atom. The number of hydrogen-bond donors (Lipinski definition) is 2. The molecule has 1 saturated carbocycles. The molecule has 20 heavy (non-hydrogen) atoms. The van der Waals surface area contributed by atoms with E-state index in [1.54, 1.807) is 6.92 Å². The third-order valence-electron chi connectivity index (χ3n) is 4.02. The van der Waals surface area contributed by atoms with E-state index in [1.807, 2.05) is 0 Å². The minimum atomic E-state index is -4.38. The second-order valence-corrected chi connectivity index (χ2v) is 6.59. The lowest BCUT2D eigenvalue weighted by Crippen LogP contribution is -2.63. The smallest absolute Gasteiger partial charge is 0.316 e. The minimum Gasteiger partial charge on any atom is -0.316 e. The molecule has 0 bridgehead atoms. The number of alkyl halides is 3. The van der Waals surface area contributed by atoms with Gasteiger partial charge in [-0.05, 0) is 49.3 Å². The van der Waals surface area contributed by atoms with Crippen LogP contribution in [0.5, 0.6) is 0 Å². The lowest BCUT2D eigenvalue weighted by atomic mass is 9.62. The van der Waals surface area contributed by atoms with E-state index in [4.69, 9.17) is 0 Å². The van der Waals surface area contributed by atoms with Crippen LogP contribution in [0.25, 0.3) is 0 Å². The zero-order chi connectivity index (χ0) is 14.4. The normalized spacial score (nSPS) is 21.6. The summed E-state index contributed by atoms with van der Waals surface area (Å²) in [6.07, 6.45) is -2.10. The summed E-state index contributed by atoms with van der Waals surface area (Å²) in [5.74, 6) is 0. The van der Waals surface area contributed by atoms with E-state index in [-0.39, 0.29) is 0 Å². The first-order valence-electron chi connectivity index (χ1n) is 6.56. The molecule has 110 valence electrons. The Hall–Kier alpha value is -0.790. The van der Waals surface area contributed by atoms with Crippen LogP contribution in [0.1, 0.15) is 24.2 Å². The second-order valence-electron chi connectivity index (χ2n) is 5.71. The second kappa shape index (κ2) is 4.89. The predicted octanol–water partition coefficient (Wildman–Crippen LogP) is 2.76. The maximum absolute atomic E-state index is 12.5. The molecule has 7 heteroatoms. The highest BCUT2D eigenvalue weighted by molar-refractivity contribution is 7.97. The summed E-state index contributed by atoms with van der Waals surface area (Å²) in [6, 6.07) is 2.97. The van der Waals surface area contributed by atoms with Gasteiger partial charge in [-0.25, -0.2) is 4.98 Å². The molecule has 3 rings (SSSR count). The van der Waals surface area contributed by atoms with Crippen molar-refractivity contribution in [3.05, 3.63) is 23.5 Å². The van der Waals surface area contributed by atoms with Gasteiger partial charge in [0, 0.05) is 24.0 Å². The van der Waals surface area contributed by atoms with Crippen molar-refractivity contribution in [2.75, 3.05) is 13.1 Å². The fraction of sp³-hybridized carbons (Fsp3) is 0.615. The van der Waals surface area contributed by atoms with Crippen LogP contribution in [0.4, 0.5) is 13.2 Å². The molecule has 0 amide bonds. The van der Waals surface area contributed by atoms with Crippen molar-refractivity contribution in [3.8, 4) is 0 Å². The third kappa shape index (κ3) is 2.66. The average Bonchev–Trinajstić information content (AvgIpc) is 2.25. The van der Waals surface area contributed by atoms with Crippen LogP contribution in [-0.4, -0.2) is 24.1 Å². The Balaban J connectivity index is 1.55. The molecule has 1 aromatic rings. The van der Waals surface area contributed by atoms with E-state index in [9.17, 15) is 13.2 Å². The predicted molar refractivity (Wildman–Crippen MR) is 71.3 cm³/mol. The summed E-state index contributed by atoms with van der Waals surface area (Å²) >= 11 is 1.39. The molecular formula is C13H16F3N3S. The Bertz CT molecular complexity index is 506. The summed E-state index contributed by atoms with van der Waals surface area (Å²) in [5, 5.41) is 3.28. The molecule has 1 aliphatic heterocycles. The highest BCUT2D eigenvalue weighted by Gasteiger charge is 2.48. The van der Waals surface area contributed by atoms with Crippen molar-refractivity contribution in [2.45, 2.75) is 36.9 Å². The molecule has 0 unspecified atom stereocenters. The number of nitrogens with zero attached hydrogens (tertiary/aromatic N) is 1. The van der Waals surface area contributed by atoms with Gasteiger partial charge in [-0.1, -0.05) is 0 Å². The highest BCUT2D eigenvalue weighted by atomic mass is 32.2. The van der Waals surface area contributed by atoms with E-state index in [0.29, 0.717) is 17.2 Å². The molecule has 0 radical (unpaired) electrons. The summed E-state index contributed by atoms with van der Waals surface area (Å²) in [4.78, 5) is 4.38. The highest BCUT2D eigenvalue weighted by Crippen LogP contribution is 2.45. The van der Waals surface area contributed by atoms with Gasteiger partial charge in [0.25, 0.3) is 0 Å². The molecule has 1 aromatic heterocycles. The van der Waals surface area contributed by atoms with Gasteiger partial charge in [0.15, 0.2) is 0 Å². The van der Waals surface area contributed by atoms with Gasteiger partial charge >= 0.3 is 6.18 Å². The molecule has 1 spiro atoms. The number of aryl methyl sites for hydroxylation is 1. The van der Waals surface area contributed by atoms with Gasteiger partial charge in [0.1, 0.15) is 5.69 Å². The molecule has 3 nitrogen and oxygen atoms in total. The Labute approximate surface area is 119 Å². The van der Waals surface area contributed by atoms with Crippen LogP contribution in [0.2, 0.25) is 0 Å². The van der Waals surface area contributed by atoms with Crippen molar-refractivity contribution >= 4 is 11.9 Å². The molecule has 2 N–H and O–H groups in total. The average molecular weight is 303 g/mol. The van der Waals surface area contributed by atoms with Gasteiger partial charge in [0.05, 0.1) is 5.69 Å². The number of halogens is 3. The number of hydrogen-bond acceptors (Lipinski definition) is 4. The largest absolute Gasteiger partial charge is 0.433 e. The Morgan fingerprint density at radius 1 is 1.35 bits per heavy atom. The molecule has 2 heterocycles. The van der Waals surface area contributed by atoms with Crippen LogP contribution >= 0.6 is 11.9 Å². The van der Waals surface area contributed by atoms with Gasteiger partial charge < -0.3 is 5.32 Å². The maximum atomic E-state index is 12.5. The SMILES string of the molecule is Cc1nc(C(F)(F)F)ccc1SNC1CC2(CNC2)C1. The first-order chi connectivity index (χ1) is 9.38. The molecule has 2 aliphatic rings. The van der Waals surface area contributed by atoms with Gasteiger partial charge in [0.2, 0.25) is 0 Å². The van der Waals surface area contributed by atoms with Crippen molar-refractivity contribution in [1.82, 2.24) is 15.0 Å². The monoisotopic (exact) mass is 303 g/mol. The van der Waals surface area contributed by atoms with Gasteiger partial charge in [-0.15, -0.1) is 0 Å². The first kappa shape index (κ1) is 14.2. The topological polar surface area (TPSA) is 37.0 Å². The van der Waals surface area contributed by atoms with Crippen molar-refractivity contribution in [2.24, 2.45) is 5.41 Å². The Kier molecular flexibility index (Phi) is 3.46. The lowest BCUT2D eigenvalue weighted by molar-refractivity contribution is -0.141.